The smallest absolute Gasteiger partial charge is 0.512 e. The molecule has 0 fully saturated rings. The summed E-state index contributed by atoms with van der Waals surface area (Å²) >= 11 is 0. The molecule has 0 aliphatic heterocycles. The van der Waals surface area contributed by atoms with E-state index in [-0.39, 0.29) is 63.2 Å². The minimum absolute atomic E-state index is 0. The Balaban J connectivity index is -0.00000000396. The van der Waals surface area contributed by atoms with Gasteiger partial charge in [0.1, 0.15) is 0 Å². The normalized spacial score (nSPS) is 0.800. The van der Waals surface area contributed by atoms with Crippen molar-refractivity contribution in [2.75, 3.05) is 0 Å². The minimum atomic E-state index is 0. The van der Waals surface area contributed by atoms with Gasteiger partial charge in [0.15, 0.2) is 0 Å². The Hall–Kier alpha value is -1.01. The van der Waals surface area contributed by atoms with Crippen LogP contribution >= 0.6 is 0 Å². The molecule has 0 atom stereocenters. The van der Waals surface area contributed by atoms with Crippen molar-refractivity contribution in [3.8, 4) is 0 Å². The van der Waals surface area contributed by atoms with E-state index in [2.05, 4.69) is 0 Å². The van der Waals surface area contributed by atoms with Gasteiger partial charge in [0.25, 0.3) is 0 Å². The maximum Gasteiger partial charge on any atom is 2.00 e. The molecular formula is C6FeMg2N6. The summed E-state index contributed by atoms with van der Waals surface area (Å²) in [6.45, 7) is 28.5. The first-order valence-electron chi connectivity index (χ1n) is 1.34. The van der Waals surface area contributed by atoms with Crippen molar-refractivity contribution in [2.24, 2.45) is 0 Å². The largest absolute Gasteiger partial charge is 2.00 e. The average molecular weight is 261 g/mol. The zero-order valence-electron chi connectivity index (χ0n) is 7.45. The molecule has 0 saturated heterocycles. The van der Waals surface area contributed by atoms with Crippen molar-refractivity contribution < 1.29 is 17.1 Å². The molecule has 0 spiro atoms. The van der Waals surface area contributed by atoms with Crippen molar-refractivity contribution in [1.82, 2.24) is 0 Å². The number of hydrogen-bond acceptors (Lipinski definition) is 6. The maximum absolute atomic E-state index is 6.25. The Bertz CT molecular complexity index is 101. The molecule has 0 aromatic rings. The standard InChI is InChI=1S/6CN.Fe.2Mg/c6*1-2;;;/q6*-1;3*+2. The fraction of sp³-hybridized carbons (Fsp3) is 0. The molecule has 0 bridgehead atoms. The van der Waals surface area contributed by atoms with Crippen LogP contribution in [0.1, 0.15) is 0 Å². The van der Waals surface area contributed by atoms with E-state index < -0.39 is 0 Å². The molecule has 0 saturated carbocycles. The predicted molar refractivity (Wildman–Crippen MR) is 41.3 cm³/mol. The van der Waals surface area contributed by atoms with Crippen LogP contribution in [0.2, 0.25) is 0 Å². The third kappa shape index (κ3) is 1540. The van der Waals surface area contributed by atoms with Gasteiger partial charge < -0.3 is 71.0 Å². The van der Waals surface area contributed by atoms with Crippen LogP contribution in [0.4, 0.5) is 0 Å². The molecule has 0 rings (SSSR count). The second kappa shape index (κ2) is 1840. The van der Waals surface area contributed by atoms with Crippen molar-refractivity contribution in [3.63, 3.8) is 0 Å². The van der Waals surface area contributed by atoms with Crippen LogP contribution in [0.15, 0.2) is 0 Å². The van der Waals surface area contributed by atoms with E-state index in [9.17, 15) is 0 Å². The number of nitrogens with zero attached hydrogens (tertiary/aromatic N) is 6. The zero-order valence-corrected chi connectivity index (χ0v) is 11.4. The fourth-order valence-electron chi connectivity index (χ4n) is 0. The summed E-state index contributed by atoms with van der Waals surface area (Å²) in [5.74, 6) is 0. The van der Waals surface area contributed by atoms with Crippen molar-refractivity contribution in [2.45, 2.75) is 0 Å². The summed E-state index contributed by atoms with van der Waals surface area (Å²) in [5.41, 5.74) is 0. The topological polar surface area (TPSA) is 143 Å². The van der Waals surface area contributed by atoms with Crippen LogP contribution in [0.25, 0.3) is 0 Å². The van der Waals surface area contributed by atoms with Crippen LogP contribution in [0.3, 0.4) is 0 Å². The molecule has 0 aromatic heterocycles. The Morgan fingerprint density at radius 2 is 0.333 bits per heavy atom. The molecule has 6 nitrogen and oxygen atoms in total. The van der Waals surface area contributed by atoms with Gasteiger partial charge in [0.05, 0.1) is 0 Å². The van der Waals surface area contributed by atoms with Gasteiger partial charge >= 0.3 is 63.2 Å². The van der Waals surface area contributed by atoms with Gasteiger partial charge in [0.2, 0.25) is 0 Å². The molecule has 9 heteroatoms. The van der Waals surface area contributed by atoms with Crippen molar-refractivity contribution in [3.05, 3.63) is 39.4 Å². The van der Waals surface area contributed by atoms with Gasteiger partial charge in [-0.3, -0.25) is 0 Å². The van der Waals surface area contributed by atoms with Crippen molar-refractivity contribution >= 4 is 46.1 Å². The quantitative estimate of drug-likeness (QED) is 0.436. The second-order valence-corrected chi connectivity index (χ2v) is 0. The van der Waals surface area contributed by atoms with E-state index in [1.807, 2.05) is 0 Å². The zero-order chi connectivity index (χ0) is 12.0. The minimum Gasteiger partial charge on any atom is -0.512 e. The van der Waals surface area contributed by atoms with Gasteiger partial charge in [0, 0.05) is 0 Å². The predicted octanol–water partition coefficient (Wildman–Crippen LogP) is -0.186. The first-order valence-corrected chi connectivity index (χ1v) is 1.34. The first-order chi connectivity index (χ1) is 6.00. The van der Waals surface area contributed by atoms with Gasteiger partial charge in [-0.15, -0.1) is 0 Å². The Labute approximate surface area is 133 Å². The van der Waals surface area contributed by atoms with Gasteiger partial charge in [-0.05, 0) is 0 Å². The molecular weight excluding hydrogens is 261 g/mol. The van der Waals surface area contributed by atoms with E-state index in [0.29, 0.717) is 0 Å². The Morgan fingerprint density at radius 3 is 0.333 bits per heavy atom. The molecule has 15 heavy (non-hydrogen) atoms. The summed E-state index contributed by atoms with van der Waals surface area (Å²) in [7, 11) is 0. The summed E-state index contributed by atoms with van der Waals surface area (Å²) in [6, 6.07) is 0. The summed E-state index contributed by atoms with van der Waals surface area (Å²) in [5, 5.41) is 37.5. The average Bonchev–Trinajstić information content (AvgIpc) is 2.33. The third-order valence-electron chi connectivity index (χ3n) is 0. The van der Waals surface area contributed by atoms with Crippen LogP contribution in [-0.2, 0) is 17.1 Å². The van der Waals surface area contributed by atoms with Crippen LogP contribution in [0.5, 0.6) is 0 Å². The number of hydrogen-bond donors (Lipinski definition) is 0. The summed E-state index contributed by atoms with van der Waals surface area (Å²) < 4.78 is 0. The Morgan fingerprint density at radius 1 is 0.333 bits per heavy atom. The monoisotopic (exact) mass is 260 g/mol. The van der Waals surface area contributed by atoms with E-state index in [1.165, 1.54) is 0 Å². The van der Waals surface area contributed by atoms with E-state index in [0.717, 1.165) is 0 Å². The van der Waals surface area contributed by atoms with Crippen LogP contribution in [-0.4, -0.2) is 46.1 Å². The maximum atomic E-state index is 6.25. The molecule has 0 heterocycles. The molecule has 0 amide bonds. The van der Waals surface area contributed by atoms with Crippen LogP contribution < -0.4 is 0 Å². The first kappa shape index (κ1) is 94.8. The number of rotatable bonds is 0. The van der Waals surface area contributed by atoms with Gasteiger partial charge in [-0.25, -0.2) is 0 Å². The Kier molecular flexibility index (Phi) is 11600. The molecule has 0 aromatic carbocycles. The van der Waals surface area contributed by atoms with Gasteiger partial charge in [-0.2, -0.15) is 0 Å². The molecule has 0 aliphatic rings. The molecule has 0 N–H and O–H groups in total. The summed E-state index contributed by atoms with van der Waals surface area (Å²) in [4.78, 5) is 0. The van der Waals surface area contributed by atoms with E-state index in [1.54, 1.807) is 0 Å². The van der Waals surface area contributed by atoms with Crippen LogP contribution in [0, 0.1) is 71.0 Å². The molecule has 0 radical (unpaired) electrons. The fourth-order valence-corrected chi connectivity index (χ4v) is 0. The third-order valence-corrected chi connectivity index (χ3v) is 0. The van der Waals surface area contributed by atoms with E-state index >= 15 is 0 Å². The van der Waals surface area contributed by atoms with Crippen molar-refractivity contribution in [1.29, 1.82) is 31.6 Å². The molecule has 0 aliphatic carbocycles. The SMILES string of the molecule is [C-]#N.[C-]#N.[C-]#N.[C-]#N.[C-]#N.[C-]#N.[Fe+2].[Mg+2].[Mg+2]. The summed E-state index contributed by atoms with van der Waals surface area (Å²) in [6.07, 6.45) is 0. The van der Waals surface area contributed by atoms with Gasteiger partial charge in [-0.1, -0.05) is 0 Å². The molecule has 0 unspecified atom stereocenters. The van der Waals surface area contributed by atoms with E-state index in [4.69, 9.17) is 71.0 Å². The molecule has 66 valence electrons. The second-order valence-electron chi connectivity index (χ2n) is 0.